The summed E-state index contributed by atoms with van der Waals surface area (Å²) in [5, 5.41) is 12.7. The number of nitrogens with zero attached hydrogens (tertiary/aromatic N) is 4. The van der Waals surface area contributed by atoms with Crippen LogP contribution in [0, 0.1) is 0 Å². The van der Waals surface area contributed by atoms with Gasteiger partial charge in [-0.2, -0.15) is 0 Å². The van der Waals surface area contributed by atoms with Gasteiger partial charge < -0.3 is 18.6 Å². The van der Waals surface area contributed by atoms with E-state index in [1.54, 1.807) is 0 Å². The van der Waals surface area contributed by atoms with Gasteiger partial charge in [0.05, 0.1) is 49.5 Å². The van der Waals surface area contributed by atoms with Crippen LogP contribution in [0.2, 0.25) is 0 Å². The minimum atomic E-state index is 0.164. The van der Waals surface area contributed by atoms with Gasteiger partial charge in [0.1, 0.15) is 0 Å². The molecule has 2 unspecified atom stereocenters. The molecule has 2 aliphatic rings. The summed E-state index contributed by atoms with van der Waals surface area (Å²) in [4.78, 5) is 2.62. The second-order valence-electron chi connectivity index (χ2n) is 24.3. The van der Waals surface area contributed by atoms with Crippen molar-refractivity contribution >= 4 is 140 Å². The summed E-state index contributed by atoms with van der Waals surface area (Å²) < 4.78 is 12.5. The SMILES string of the molecule is C1=CC2c3cc(-c4ccc5c(c4)c4ccccc4n5-c4ccccc4)ccc3N(c3cccc4c3sc3ccc(-c5cccc(-n6c7ccccc7c7cc(-c8ccc9c(c8)c8ccccc8n9-c8ccc9sc%10ccccc%10c9c8)ccc76)c5)cc34)C2C=C1. The van der Waals surface area contributed by atoms with E-state index in [1.807, 2.05) is 22.7 Å². The van der Waals surface area contributed by atoms with Gasteiger partial charge in [-0.25, -0.2) is 0 Å². The summed E-state index contributed by atoms with van der Waals surface area (Å²) in [7, 11) is 0. The van der Waals surface area contributed by atoms with E-state index in [0.717, 1.165) is 5.69 Å². The Bertz CT molecular complexity index is 6140. The Balaban J connectivity index is 0.644. The molecular weight excluding hydrogens is 1130 g/mol. The summed E-state index contributed by atoms with van der Waals surface area (Å²) in [5.74, 6) is 0.227. The van der Waals surface area contributed by atoms with Gasteiger partial charge >= 0.3 is 0 Å². The number of thiophene rings is 2. The molecule has 6 heteroatoms. The van der Waals surface area contributed by atoms with Gasteiger partial charge in [0, 0.05) is 96.6 Å². The molecule has 1 aliphatic heterocycles. The number of benzene rings is 13. The van der Waals surface area contributed by atoms with E-state index in [-0.39, 0.29) is 12.0 Å². The van der Waals surface area contributed by atoms with Gasteiger partial charge in [0.15, 0.2) is 0 Å². The molecule has 0 spiro atoms. The molecule has 90 heavy (non-hydrogen) atoms. The summed E-state index contributed by atoms with van der Waals surface area (Å²) in [6.45, 7) is 0. The number of hydrogen-bond acceptors (Lipinski definition) is 3. The van der Waals surface area contributed by atoms with Crippen molar-refractivity contribution in [2.75, 3.05) is 4.90 Å². The van der Waals surface area contributed by atoms with Crippen molar-refractivity contribution in [3.63, 3.8) is 0 Å². The average molecular weight is 1180 g/mol. The fraction of sp³-hybridized carbons (Fsp3) is 0.0238. The van der Waals surface area contributed by atoms with E-state index in [9.17, 15) is 0 Å². The first kappa shape index (κ1) is 50.0. The molecule has 0 bridgehead atoms. The van der Waals surface area contributed by atoms with Crippen LogP contribution in [0.4, 0.5) is 11.4 Å². The Morgan fingerprint density at radius 2 is 0.711 bits per heavy atom. The molecule has 2 atom stereocenters. The lowest BCUT2D eigenvalue weighted by Crippen LogP contribution is -2.28. The molecular formula is C84H52N4S2. The third-order valence-corrected chi connectivity index (χ3v) is 21.9. The zero-order valence-electron chi connectivity index (χ0n) is 48.6. The highest BCUT2D eigenvalue weighted by atomic mass is 32.1. The number of fused-ring (bicyclic) bond motifs is 18. The molecule has 420 valence electrons. The van der Waals surface area contributed by atoms with E-state index in [2.05, 4.69) is 322 Å². The fourth-order valence-electron chi connectivity index (χ4n) is 15.5. The average Bonchev–Trinajstić information content (AvgIpc) is 1.62. The van der Waals surface area contributed by atoms with Crippen molar-refractivity contribution in [3.8, 4) is 50.4 Å². The van der Waals surface area contributed by atoms with Crippen LogP contribution in [0.15, 0.2) is 303 Å². The van der Waals surface area contributed by atoms with Crippen LogP contribution in [0.3, 0.4) is 0 Å². The molecule has 18 aromatic rings. The topological polar surface area (TPSA) is 18.0 Å². The van der Waals surface area contributed by atoms with E-state index in [1.165, 1.54) is 167 Å². The summed E-state index contributed by atoms with van der Waals surface area (Å²) in [6, 6.07) is 105. The minimum absolute atomic E-state index is 0.164. The first-order valence-corrected chi connectivity index (χ1v) is 32.7. The first-order valence-electron chi connectivity index (χ1n) is 31.0. The van der Waals surface area contributed by atoms with Crippen molar-refractivity contribution in [2.45, 2.75) is 12.0 Å². The van der Waals surface area contributed by atoms with Gasteiger partial charge in [-0.1, -0.05) is 170 Å². The monoisotopic (exact) mass is 1180 g/mol. The van der Waals surface area contributed by atoms with Crippen LogP contribution in [-0.2, 0) is 0 Å². The number of hydrogen-bond donors (Lipinski definition) is 0. The van der Waals surface area contributed by atoms with Crippen molar-refractivity contribution < 1.29 is 0 Å². The Morgan fingerprint density at radius 3 is 1.39 bits per heavy atom. The van der Waals surface area contributed by atoms with Crippen LogP contribution >= 0.6 is 22.7 Å². The van der Waals surface area contributed by atoms with Crippen LogP contribution in [0.5, 0.6) is 0 Å². The van der Waals surface area contributed by atoms with E-state index >= 15 is 0 Å². The van der Waals surface area contributed by atoms with Gasteiger partial charge in [0.2, 0.25) is 0 Å². The fourth-order valence-corrected chi connectivity index (χ4v) is 17.8. The lowest BCUT2D eigenvalue weighted by Gasteiger charge is -2.29. The van der Waals surface area contributed by atoms with Crippen LogP contribution in [0.1, 0.15) is 11.5 Å². The van der Waals surface area contributed by atoms with Crippen LogP contribution in [-0.4, -0.2) is 19.7 Å². The lowest BCUT2D eigenvalue weighted by molar-refractivity contribution is 0.746. The van der Waals surface area contributed by atoms with Gasteiger partial charge in [-0.15, -0.1) is 22.7 Å². The Hall–Kier alpha value is -11.0. The molecule has 6 heterocycles. The Kier molecular flexibility index (Phi) is 10.7. The van der Waals surface area contributed by atoms with Crippen molar-refractivity contribution in [2.24, 2.45) is 0 Å². The highest BCUT2D eigenvalue weighted by molar-refractivity contribution is 7.26. The van der Waals surface area contributed by atoms with Crippen molar-refractivity contribution in [3.05, 3.63) is 309 Å². The maximum absolute atomic E-state index is 2.62. The lowest BCUT2D eigenvalue weighted by atomic mass is 9.89. The largest absolute Gasteiger partial charge is 0.332 e. The van der Waals surface area contributed by atoms with Crippen LogP contribution < -0.4 is 4.90 Å². The molecule has 0 fully saturated rings. The number of rotatable bonds is 7. The number of aromatic nitrogens is 3. The minimum Gasteiger partial charge on any atom is -0.332 e. The quantitative estimate of drug-likeness (QED) is 0.156. The molecule has 0 radical (unpaired) electrons. The second-order valence-corrected chi connectivity index (χ2v) is 26.5. The zero-order chi connectivity index (χ0) is 58.7. The first-order chi connectivity index (χ1) is 44.6. The number of allylic oxidation sites excluding steroid dienone is 2. The number of para-hydroxylation sites is 4. The van der Waals surface area contributed by atoms with Gasteiger partial charge in [-0.05, 0) is 172 Å². The smallest absolute Gasteiger partial charge is 0.0630 e. The molecule has 0 saturated heterocycles. The van der Waals surface area contributed by atoms with Gasteiger partial charge in [0.25, 0.3) is 0 Å². The maximum Gasteiger partial charge on any atom is 0.0630 e. The highest BCUT2D eigenvalue weighted by Gasteiger charge is 2.38. The molecule has 20 rings (SSSR count). The maximum atomic E-state index is 2.62. The van der Waals surface area contributed by atoms with E-state index < -0.39 is 0 Å². The summed E-state index contributed by atoms with van der Waals surface area (Å²) >= 11 is 3.78. The van der Waals surface area contributed by atoms with E-state index in [4.69, 9.17) is 0 Å². The molecule has 4 nitrogen and oxygen atoms in total. The van der Waals surface area contributed by atoms with Crippen LogP contribution in [0.25, 0.3) is 156 Å². The second kappa shape index (κ2) is 19.2. The standard InChI is InChI=1S/C84H52N4S2/c1-2-17-57(18-3-1)85-72-26-9-4-20-60(72)66-45-52(32-38-76(66)85)55-35-41-79-69(48-55)63-23-7-12-29-75(63)88(79)80-30-15-25-65-70-49-56(36-42-83(70)90-84(65)80)51-16-14-19-58(44-51)86-73-27-10-5-21-61(73)67-46-53(33-39-77(67)86)54-34-40-78-68(47-54)62-22-6-11-28-74(62)87(78)59-37-43-82-71(50-59)64-24-8-13-31-81(64)89-82/h1-50,63,75H. The zero-order valence-corrected chi connectivity index (χ0v) is 50.3. The molecule has 5 aromatic heterocycles. The third kappa shape index (κ3) is 7.34. The Labute approximate surface area is 526 Å². The normalized spacial score (nSPS) is 14.8. The molecule has 0 amide bonds. The number of anilines is 2. The third-order valence-electron chi connectivity index (χ3n) is 19.5. The summed E-state index contributed by atoms with van der Waals surface area (Å²) in [5.41, 5.74) is 21.9. The molecule has 1 aliphatic carbocycles. The molecule has 0 N–H and O–H groups in total. The van der Waals surface area contributed by atoms with Crippen molar-refractivity contribution in [1.29, 1.82) is 0 Å². The van der Waals surface area contributed by atoms with Gasteiger partial charge in [-0.3, -0.25) is 0 Å². The molecule has 0 saturated carbocycles. The van der Waals surface area contributed by atoms with E-state index in [0.29, 0.717) is 0 Å². The molecule has 13 aromatic carbocycles. The Morgan fingerprint density at radius 1 is 0.256 bits per heavy atom. The predicted octanol–water partition coefficient (Wildman–Crippen LogP) is 23.4. The van der Waals surface area contributed by atoms with Crippen molar-refractivity contribution in [1.82, 2.24) is 13.7 Å². The predicted molar refractivity (Wildman–Crippen MR) is 385 cm³/mol. The highest BCUT2D eigenvalue weighted by Crippen LogP contribution is 2.53. The summed E-state index contributed by atoms with van der Waals surface area (Å²) in [6.07, 6.45) is 9.27.